The van der Waals surface area contributed by atoms with E-state index in [0.717, 1.165) is 5.02 Å². The summed E-state index contributed by atoms with van der Waals surface area (Å²) in [5.41, 5.74) is 2.69. The molecule has 1 aromatic carbocycles. The third kappa shape index (κ3) is 2.92. The standard InChI is InChI=1S/C13H17ClS/c1-9-6-11(8-12(14)7-9)10-2-4-13(15)5-3-10/h6-8,10,13,15H,2-5H2,1H3. The van der Waals surface area contributed by atoms with E-state index in [9.17, 15) is 0 Å². The number of aryl methyl sites for hydroxylation is 1. The van der Waals surface area contributed by atoms with Crippen molar-refractivity contribution in [2.75, 3.05) is 0 Å². The Morgan fingerprint density at radius 1 is 1.13 bits per heavy atom. The van der Waals surface area contributed by atoms with Crippen LogP contribution in [0.2, 0.25) is 5.02 Å². The van der Waals surface area contributed by atoms with Crippen LogP contribution in [0.15, 0.2) is 18.2 Å². The van der Waals surface area contributed by atoms with Crippen molar-refractivity contribution >= 4 is 24.2 Å². The molecule has 0 spiro atoms. The van der Waals surface area contributed by atoms with Crippen LogP contribution in [-0.2, 0) is 0 Å². The lowest BCUT2D eigenvalue weighted by atomic mass is 9.83. The first-order valence-corrected chi connectivity index (χ1v) is 6.50. The molecule has 1 saturated carbocycles. The SMILES string of the molecule is Cc1cc(Cl)cc(C2CCC(S)CC2)c1. The molecule has 15 heavy (non-hydrogen) atoms. The first-order chi connectivity index (χ1) is 7.15. The van der Waals surface area contributed by atoms with Crippen molar-refractivity contribution in [2.24, 2.45) is 0 Å². The van der Waals surface area contributed by atoms with E-state index >= 15 is 0 Å². The molecule has 0 nitrogen and oxygen atoms in total. The van der Waals surface area contributed by atoms with Crippen molar-refractivity contribution in [1.82, 2.24) is 0 Å². The van der Waals surface area contributed by atoms with Gasteiger partial charge in [0, 0.05) is 10.3 Å². The lowest BCUT2D eigenvalue weighted by Crippen LogP contribution is -2.13. The topological polar surface area (TPSA) is 0 Å². The molecular formula is C13H17ClS. The molecule has 1 fully saturated rings. The number of hydrogen-bond donors (Lipinski definition) is 1. The molecular weight excluding hydrogens is 224 g/mol. The van der Waals surface area contributed by atoms with Crippen LogP contribution in [0.4, 0.5) is 0 Å². The summed E-state index contributed by atoms with van der Waals surface area (Å²) in [5.74, 6) is 0.700. The Labute approximate surface area is 102 Å². The summed E-state index contributed by atoms with van der Waals surface area (Å²) in [6, 6.07) is 6.42. The van der Waals surface area contributed by atoms with E-state index in [4.69, 9.17) is 11.6 Å². The molecule has 0 heterocycles. The Morgan fingerprint density at radius 2 is 1.80 bits per heavy atom. The minimum atomic E-state index is 0.613. The van der Waals surface area contributed by atoms with Gasteiger partial charge in [-0.15, -0.1) is 0 Å². The zero-order valence-electron chi connectivity index (χ0n) is 9.04. The van der Waals surface area contributed by atoms with Gasteiger partial charge in [0.05, 0.1) is 0 Å². The third-order valence-electron chi connectivity index (χ3n) is 3.23. The summed E-state index contributed by atoms with van der Waals surface area (Å²) in [5, 5.41) is 1.49. The molecule has 0 aromatic heterocycles. The van der Waals surface area contributed by atoms with Crippen molar-refractivity contribution in [1.29, 1.82) is 0 Å². The first-order valence-electron chi connectivity index (χ1n) is 5.60. The molecule has 0 N–H and O–H groups in total. The fourth-order valence-electron chi connectivity index (χ4n) is 2.41. The Balaban J connectivity index is 2.15. The Kier molecular flexibility index (Phi) is 3.63. The van der Waals surface area contributed by atoms with Gasteiger partial charge >= 0.3 is 0 Å². The van der Waals surface area contributed by atoms with Crippen LogP contribution in [0.3, 0.4) is 0 Å². The number of halogens is 1. The minimum Gasteiger partial charge on any atom is -0.176 e. The maximum Gasteiger partial charge on any atom is 0.0411 e. The maximum absolute atomic E-state index is 6.08. The maximum atomic E-state index is 6.08. The van der Waals surface area contributed by atoms with Gasteiger partial charge in [0.25, 0.3) is 0 Å². The predicted molar refractivity (Wildman–Crippen MR) is 70.2 cm³/mol. The van der Waals surface area contributed by atoms with Gasteiger partial charge in [-0.2, -0.15) is 12.6 Å². The van der Waals surface area contributed by atoms with Crippen molar-refractivity contribution in [2.45, 2.75) is 43.8 Å². The van der Waals surface area contributed by atoms with Crippen LogP contribution in [0, 0.1) is 6.92 Å². The monoisotopic (exact) mass is 240 g/mol. The molecule has 0 radical (unpaired) electrons. The van der Waals surface area contributed by atoms with Gasteiger partial charge in [-0.25, -0.2) is 0 Å². The molecule has 2 rings (SSSR count). The van der Waals surface area contributed by atoms with E-state index in [1.54, 1.807) is 0 Å². The highest BCUT2D eigenvalue weighted by molar-refractivity contribution is 7.80. The molecule has 0 aliphatic heterocycles. The van der Waals surface area contributed by atoms with Gasteiger partial charge < -0.3 is 0 Å². The zero-order chi connectivity index (χ0) is 10.8. The smallest absolute Gasteiger partial charge is 0.0411 e. The number of hydrogen-bond acceptors (Lipinski definition) is 1. The van der Waals surface area contributed by atoms with E-state index in [1.165, 1.54) is 36.8 Å². The van der Waals surface area contributed by atoms with Crippen molar-refractivity contribution < 1.29 is 0 Å². The van der Waals surface area contributed by atoms with E-state index in [2.05, 4.69) is 31.7 Å². The molecule has 2 heteroatoms. The van der Waals surface area contributed by atoms with Crippen molar-refractivity contribution in [3.8, 4) is 0 Å². The van der Waals surface area contributed by atoms with E-state index in [-0.39, 0.29) is 0 Å². The summed E-state index contributed by atoms with van der Waals surface area (Å²) >= 11 is 10.6. The highest BCUT2D eigenvalue weighted by Crippen LogP contribution is 2.35. The molecule has 1 aliphatic carbocycles. The predicted octanol–water partition coefficient (Wildman–Crippen LogP) is 4.60. The summed E-state index contributed by atoms with van der Waals surface area (Å²) in [7, 11) is 0. The summed E-state index contributed by atoms with van der Waals surface area (Å²) < 4.78 is 0. The van der Waals surface area contributed by atoms with Gasteiger partial charge in [0.15, 0.2) is 0 Å². The zero-order valence-corrected chi connectivity index (χ0v) is 10.7. The van der Waals surface area contributed by atoms with Crippen LogP contribution in [0.25, 0.3) is 0 Å². The normalized spacial score (nSPS) is 26.6. The van der Waals surface area contributed by atoms with Crippen LogP contribution < -0.4 is 0 Å². The second-order valence-electron chi connectivity index (χ2n) is 4.57. The number of thiol groups is 1. The second-order valence-corrected chi connectivity index (χ2v) is 5.73. The van der Waals surface area contributed by atoms with Gasteiger partial charge in [0.2, 0.25) is 0 Å². The average molecular weight is 241 g/mol. The summed E-state index contributed by atoms with van der Waals surface area (Å²) in [4.78, 5) is 0. The minimum absolute atomic E-state index is 0.613. The fourth-order valence-corrected chi connectivity index (χ4v) is 3.01. The Bertz CT molecular complexity index is 320. The fraction of sp³-hybridized carbons (Fsp3) is 0.538. The first kappa shape index (κ1) is 11.3. The third-order valence-corrected chi connectivity index (χ3v) is 3.97. The molecule has 0 saturated heterocycles. The van der Waals surface area contributed by atoms with Crippen LogP contribution >= 0.6 is 24.2 Å². The van der Waals surface area contributed by atoms with Crippen LogP contribution in [0.1, 0.15) is 42.7 Å². The Hall–Kier alpha value is -0.140. The van der Waals surface area contributed by atoms with Gasteiger partial charge in [-0.05, 0) is 61.8 Å². The lowest BCUT2D eigenvalue weighted by molar-refractivity contribution is 0.454. The van der Waals surface area contributed by atoms with Crippen LogP contribution in [0.5, 0.6) is 0 Å². The van der Waals surface area contributed by atoms with Crippen molar-refractivity contribution in [3.63, 3.8) is 0 Å². The molecule has 82 valence electrons. The average Bonchev–Trinajstić information content (AvgIpc) is 2.17. The molecule has 0 bridgehead atoms. The van der Waals surface area contributed by atoms with Gasteiger partial charge in [0.1, 0.15) is 0 Å². The highest BCUT2D eigenvalue weighted by atomic mass is 35.5. The largest absolute Gasteiger partial charge is 0.176 e. The highest BCUT2D eigenvalue weighted by Gasteiger charge is 2.20. The molecule has 0 unspecified atom stereocenters. The quantitative estimate of drug-likeness (QED) is 0.682. The molecule has 1 aliphatic rings. The van der Waals surface area contributed by atoms with Crippen LogP contribution in [-0.4, -0.2) is 5.25 Å². The van der Waals surface area contributed by atoms with Gasteiger partial charge in [-0.3, -0.25) is 0 Å². The lowest BCUT2D eigenvalue weighted by Gasteiger charge is -2.26. The molecule has 0 atom stereocenters. The van der Waals surface area contributed by atoms with Gasteiger partial charge in [-0.1, -0.05) is 17.7 Å². The van der Waals surface area contributed by atoms with E-state index in [1.807, 2.05) is 6.07 Å². The van der Waals surface area contributed by atoms with E-state index in [0.29, 0.717) is 11.2 Å². The second kappa shape index (κ2) is 4.80. The molecule has 0 amide bonds. The van der Waals surface area contributed by atoms with Crippen molar-refractivity contribution in [3.05, 3.63) is 34.3 Å². The summed E-state index contributed by atoms with van der Waals surface area (Å²) in [6.45, 7) is 2.11. The molecule has 1 aromatic rings. The Morgan fingerprint density at radius 3 is 2.40 bits per heavy atom. The number of rotatable bonds is 1. The van der Waals surface area contributed by atoms with E-state index < -0.39 is 0 Å². The summed E-state index contributed by atoms with van der Waals surface area (Å²) in [6.07, 6.45) is 4.99. The number of benzene rings is 1.